The van der Waals surface area contributed by atoms with Crippen molar-refractivity contribution in [1.82, 2.24) is 4.98 Å². The summed E-state index contributed by atoms with van der Waals surface area (Å²) in [4.78, 5) is 3.65. The summed E-state index contributed by atoms with van der Waals surface area (Å²) in [6.45, 7) is 0.877. The molecule has 0 aliphatic carbocycles. The molecule has 140 valence electrons. The molecule has 1 aliphatic heterocycles. The molecule has 0 bridgehead atoms. The Bertz CT molecular complexity index is 1170. The van der Waals surface area contributed by atoms with E-state index in [9.17, 15) is 5.11 Å². The first-order valence-corrected chi connectivity index (χ1v) is 10.0. The Morgan fingerprint density at radius 3 is 2.54 bits per heavy atom. The number of aromatic amines is 1. The maximum Gasteiger partial charge on any atom is 0.153 e. The third kappa shape index (κ3) is 2.87. The minimum Gasteiger partial charge on any atom is -0.508 e. The summed E-state index contributed by atoms with van der Waals surface area (Å²) in [6.07, 6.45) is 0. The maximum atomic E-state index is 9.66. The van der Waals surface area contributed by atoms with Crippen LogP contribution in [0.15, 0.2) is 66.7 Å². The smallest absolute Gasteiger partial charge is 0.153 e. The largest absolute Gasteiger partial charge is 0.508 e. The van der Waals surface area contributed by atoms with Gasteiger partial charge in [-0.05, 0) is 48.0 Å². The van der Waals surface area contributed by atoms with Crippen LogP contribution in [0.4, 0.5) is 0 Å². The lowest BCUT2D eigenvalue weighted by atomic mass is 9.83. The van der Waals surface area contributed by atoms with E-state index in [2.05, 4.69) is 28.5 Å². The fraction of sp³-hybridized carbons (Fsp3) is 0.130. The summed E-state index contributed by atoms with van der Waals surface area (Å²) in [5.74, 6) is 0.450. The van der Waals surface area contributed by atoms with Gasteiger partial charge in [-0.15, -0.1) is 0 Å². The van der Waals surface area contributed by atoms with Crippen molar-refractivity contribution in [1.29, 1.82) is 0 Å². The second-order valence-corrected chi connectivity index (χ2v) is 8.10. The number of nitrogens with two attached hydrogens (primary N) is 1. The van der Waals surface area contributed by atoms with Crippen LogP contribution in [0.5, 0.6) is 5.75 Å². The number of fused-ring (bicyclic) bond motifs is 3. The Labute approximate surface area is 172 Å². The molecule has 0 saturated heterocycles. The molecule has 0 unspecified atom stereocenters. The number of H-pyrrole nitrogens is 1. The average Bonchev–Trinajstić information content (AvgIpc) is 3.08. The highest BCUT2D eigenvalue weighted by Gasteiger charge is 2.36. The zero-order chi connectivity index (χ0) is 19.3. The van der Waals surface area contributed by atoms with Crippen LogP contribution in [-0.4, -0.2) is 16.6 Å². The number of para-hydroxylation sites is 1. The molecule has 4 N–H and O–H groups in total. The summed E-state index contributed by atoms with van der Waals surface area (Å²) in [7, 11) is 0. The molecule has 3 aromatic carbocycles. The van der Waals surface area contributed by atoms with Crippen molar-refractivity contribution in [2.45, 2.75) is 12.0 Å². The lowest BCUT2D eigenvalue weighted by Crippen LogP contribution is -2.88. The summed E-state index contributed by atoms with van der Waals surface area (Å²) in [5, 5.41) is 14.6. The molecule has 28 heavy (non-hydrogen) atoms. The Kier molecular flexibility index (Phi) is 4.31. The van der Waals surface area contributed by atoms with Gasteiger partial charge in [0.2, 0.25) is 0 Å². The van der Waals surface area contributed by atoms with Crippen LogP contribution in [0.3, 0.4) is 0 Å². The molecule has 0 amide bonds. The van der Waals surface area contributed by atoms with Gasteiger partial charge in [0.1, 0.15) is 5.75 Å². The first-order chi connectivity index (χ1) is 13.6. The number of benzene rings is 3. The third-order valence-electron chi connectivity index (χ3n) is 5.63. The predicted molar refractivity (Wildman–Crippen MR) is 113 cm³/mol. The average molecular weight is 410 g/mol. The van der Waals surface area contributed by atoms with E-state index in [1.807, 2.05) is 36.4 Å². The number of hydrogen-bond donors (Lipinski definition) is 3. The van der Waals surface area contributed by atoms with E-state index < -0.39 is 0 Å². The van der Waals surface area contributed by atoms with Crippen LogP contribution in [0.2, 0.25) is 10.0 Å². The van der Waals surface area contributed by atoms with Crippen molar-refractivity contribution in [2.75, 3.05) is 6.54 Å². The molecule has 3 nitrogen and oxygen atoms in total. The molecule has 0 spiro atoms. The molecule has 0 saturated carbocycles. The molecule has 1 aromatic heterocycles. The summed E-state index contributed by atoms with van der Waals surface area (Å²) < 4.78 is 0. The van der Waals surface area contributed by atoms with Gasteiger partial charge >= 0.3 is 0 Å². The predicted octanol–water partition coefficient (Wildman–Crippen LogP) is 4.98. The van der Waals surface area contributed by atoms with E-state index >= 15 is 0 Å². The van der Waals surface area contributed by atoms with Crippen LogP contribution < -0.4 is 5.32 Å². The highest BCUT2D eigenvalue weighted by Crippen LogP contribution is 2.41. The highest BCUT2D eigenvalue weighted by atomic mass is 35.5. The molecule has 1 aliphatic rings. The molecular weight excluding hydrogens is 391 g/mol. The first-order valence-electron chi connectivity index (χ1n) is 9.29. The summed E-state index contributed by atoms with van der Waals surface area (Å²) in [6, 6.07) is 21.8. The number of rotatable bonds is 2. The zero-order valence-electron chi connectivity index (χ0n) is 15.0. The van der Waals surface area contributed by atoms with Crippen LogP contribution in [-0.2, 0) is 0 Å². The van der Waals surface area contributed by atoms with Crippen molar-refractivity contribution in [3.63, 3.8) is 0 Å². The lowest BCUT2D eigenvalue weighted by Gasteiger charge is -2.29. The number of nitrogens with one attached hydrogen (secondary N) is 1. The van der Waals surface area contributed by atoms with Gasteiger partial charge in [-0.25, -0.2) is 0 Å². The second-order valence-electron chi connectivity index (χ2n) is 7.26. The number of quaternary nitrogens is 1. The molecule has 2 heterocycles. The Balaban J connectivity index is 1.71. The van der Waals surface area contributed by atoms with E-state index in [0.717, 1.165) is 23.2 Å². The molecule has 5 heteroatoms. The fourth-order valence-electron chi connectivity index (χ4n) is 4.36. The zero-order valence-corrected chi connectivity index (χ0v) is 16.5. The van der Waals surface area contributed by atoms with Crippen molar-refractivity contribution < 1.29 is 10.4 Å². The van der Waals surface area contributed by atoms with Crippen LogP contribution in [0.1, 0.15) is 34.3 Å². The minimum absolute atomic E-state index is 0.144. The molecule has 2 atom stereocenters. The van der Waals surface area contributed by atoms with Crippen molar-refractivity contribution in [3.8, 4) is 5.75 Å². The van der Waals surface area contributed by atoms with Gasteiger partial charge in [0.15, 0.2) is 6.04 Å². The van der Waals surface area contributed by atoms with Crippen LogP contribution in [0, 0.1) is 0 Å². The second kappa shape index (κ2) is 6.85. The molecule has 0 fully saturated rings. The van der Waals surface area contributed by atoms with E-state index in [1.54, 1.807) is 12.1 Å². The van der Waals surface area contributed by atoms with Crippen molar-refractivity contribution >= 4 is 34.1 Å². The van der Waals surface area contributed by atoms with Gasteiger partial charge in [0.25, 0.3) is 0 Å². The van der Waals surface area contributed by atoms with E-state index in [1.165, 1.54) is 16.6 Å². The monoisotopic (exact) mass is 409 g/mol. The standard InChI is InChI=1S/C23H18Cl2N2O/c24-14-7-10-16(19(25)11-14)18-12-26-22(13-5-8-15(28)9-6-13)23-21(18)17-3-1-2-4-20(17)27-23/h1-11,18,22,26-28H,12H2/p+1/t18-,22-/m1/s1. The van der Waals surface area contributed by atoms with Gasteiger partial charge < -0.3 is 15.4 Å². The summed E-state index contributed by atoms with van der Waals surface area (Å²) >= 11 is 12.7. The SMILES string of the molecule is Oc1ccc([C@H]2[NH2+]C[C@H](c3ccc(Cl)cc3Cl)c3c2[nH]c2ccccc32)cc1. The normalized spacial score (nSPS) is 18.9. The van der Waals surface area contributed by atoms with Crippen LogP contribution in [0.25, 0.3) is 10.9 Å². The number of halogens is 2. The molecule has 5 rings (SSSR count). The van der Waals surface area contributed by atoms with E-state index in [4.69, 9.17) is 23.2 Å². The van der Waals surface area contributed by atoms with Crippen molar-refractivity contribution in [3.05, 3.63) is 99.2 Å². The topological polar surface area (TPSA) is 52.6 Å². The fourth-order valence-corrected chi connectivity index (χ4v) is 4.90. The van der Waals surface area contributed by atoms with Crippen LogP contribution >= 0.6 is 23.2 Å². The molecule has 4 aromatic rings. The molecule has 0 radical (unpaired) electrons. The Morgan fingerprint density at radius 2 is 1.75 bits per heavy atom. The summed E-state index contributed by atoms with van der Waals surface area (Å²) in [5.41, 5.74) is 5.86. The number of aromatic nitrogens is 1. The highest BCUT2D eigenvalue weighted by molar-refractivity contribution is 6.35. The van der Waals surface area contributed by atoms with E-state index in [0.29, 0.717) is 10.0 Å². The molecular formula is C23H19Cl2N2O+. The minimum atomic E-state index is 0.144. The lowest BCUT2D eigenvalue weighted by molar-refractivity contribution is -0.692. The van der Waals surface area contributed by atoms with Crippen molar-refractivity contribution in [2.24, 2.45) is 0 Å². The van der Waals surface area contributed by atoms with Gasteiger partial charge in [-0.2, -0.15) is 0 Å². The number of aromatic hydroxyl groups is 1. The van der Waals surface area contributed by atoms with Gasteiger partial charge in [-0.3, -0.25) is 0 Å². The Morgan fingerprint density at radius 1 is 0.964 bits per heavy atom. The Hall–Kier alpha value is -2.46. The number of phenolic OH excluding ortho intramolecular Hbond substituents is 1. The van der Waals surface area contributed by atoms with Gasteiger partial charge in [0, 0.05) is 32.1 Å². The quantitative estimate of drug-likeness (QED) is 0.429. The first kappa shape index (κ1) is 17.6. The van der Waals surface area contributed by atoms with E-state index in [-0.39, 0.29) is 17.7 Å². The third-order valence-corrected chi connectivity index (χ3v) is 6.20. The number of phenols is 1. The number of hydrogen-bond acceptors (Lipinski definition) is 1. The van der Waals surface area contributed by atoms with Gasteiger partial charge in [0.05, 0.1) is 18.2 Å². The maximum absolute atomic E-state index is 9.66. The van der Waals surface area contributed by atoms with Gasteiger partial charge in [-0.1, -0.05) is 47.5 Å².